The van der Waals surface area contributed by atoms with Crippen LogP contribution in [-0.4, -0.2) is 33.0 Å². The minimum atomic E-state index is 0.142. The van der Waals surface area contributed by atoms with Crippen molar-refractivity contribution in [3.8, 4) is 5.69 Å². The quantitative estimate of drug-likeness (QED) is 0.656. The van der Waals surface area contributed by atoms with Crippen molar-refractivity contribution in [2.24, 2.45) is 0 Å². The van der Waals surface area contributed by atoms with E-state index in [1.54, 1.807) is 16.4 Å². The SMILES string of the molecule is Cc1nn(-c2ccccc2)c(SC(C)CCO)c1C=O. The van der Waals surface area contributed by atoms with E-state index < -0.39 is 0 Å². The average Bonchev–Trinajstić information content (AvgIpc) is 2.76. The van der Waals surface area contributed by atoms with Crippen LogP contribution in [0.4, 0.5) is 0 Å². The molecule has 20 heavy (non-hydrogen) atoms. The molecule has 5 heteroatoms. The number of thioether (sulfide) groups is 1. The lowest BCUT2D eigenvalue weighted by Crippen LogP contribution is -2.04. The summed E-state index contributed by atoms with van der Waals surface area (Å²) in [6.07, 6.45) is 1.54. The van der Waals surface area contributed by atoms with E-state index in [2.05, 4.69) is 5.10 Å². The molecule has 1 atom stereocenters. The fraction of sp³-hybridized carbons (Fsp3) is 0.333. The Hall–Kier alpha value is -1.59. The smallest absolute Gasteiger partial charge is 0.154 e. The van der Waals surface area contributed by atoms with Gasteiger partial charge in [0, 0.05) is 11.9 Å². The predicted octanol–water partition coefficient (Wildman–Crippen LogP) is 2.86. The monoisotopic (exact) mass is 290 g/mol. The Morgan fingerprint density at radius 1 is 1.40 bits per heavy atom. The van der Waals surface area contributed by atoms with Crippen LogP contribution in [0, 0.1) is 6.92 Å². The van der Waals surface area contributed by atoms with Crippen molar-refractivity contribution in [1.29, 1.82) is 0 Å². The summed E-state index contributed by atoms with van der Waals surface area (Å²) in [7, 11) is 0. The number of hydrogen-bond acceptors (Lipinski definition) is 4. The first-order chi connectivity index (χ1) is 9.67. The van der Waals surface area contributed by atoms with Crippen LogP contribution in [0.5, 0.6) is 0 Å². The third-order valence-corrected chi connectivity index (χ3v) is 4.28. The summed E-state index contributed by atoms with van der Waals surface area (Å²) >= 11 is 1.57. The first-order valence-corrected chi connectivity index (χ1v) is 7.43. The van der Waals surface area contributed by atoms with Crippen LogP contribution < -0.4 is 0 Å². The van der Waals surface area contributed by atoms with Crippen molar-refractivity contribution in [2.45, 2.75) is 30.5 Å². The molecule has 1 unspecified atom stereocenters. The molecule has 1 aromatic heterocycles. The van der Waals surface area contributed by atoms with E-state index in [9.17, 15) is 4.79 Å². The number of para-hydroxylation sites is 1. The Labute approximate surface area is 122 Å². The number of aryl methyl sites for hydroxylation is 1. The molecular formula is C15H18N2O2S. The summed E-state index contributed by atoms with van der Waals surface area (Å²) < 4.78 is 1.80. The van der Waals surface area contributed by atoms with Gasteiger partial charge in [0.25, 0.3) is 0 Å². The summed E-state index contributed by atoms with van der Waals surface area (Å²) in [5.74, 6) is 0. The van der Waals surface area contributed by atoms with Gasteiger partial charge in [-0.1, -0.05) is 25.1 Å². The Kier molecular flexibility index (Phi) is 4.98. The highest BCUT2D eigenvalue weighted by atomic mass is 32.2. The van der Waals surface area contributed by atoms with E-state index in [0.717, 1.165) is 22.7 Å². The highest BCUT2D eigenvalue weighted by Gasteiger charge is 2.18. The van der Waals surface area contributed by atoms with Gasteiger partial charge in [-0.3, -0.25) is 4.79 Å². The summed E-state index contributed by atoms with van der Waals surface area (Å²) in [5, 5.41) is 14.6. The molecule has 0 amide bonds. The lowest BCUT2D eigenvalue weighted by molar-refractivity contribution is 0.112. The predicted molar refractivity (Wildman–Crippen MR) is 80.7 cm³/mol. The van der Waals surface area contributed by atoms with Crippen LogP contribution in [0.1, 0.15) is 29.4 Å². The lowest BCUT2D eigenvalue weighted by Gasteiger charge is -2.12. The van der Waals surface area contributed by atoms with Crippen molar-refractivity contribution >= 4 is 18.0 Å². The van der Waals surface area contributed by atoms with Gasteiger partial charge in [0.2, 0.25) is 0 Å². The molecule has 1 aromatic carbocycles. The maximum absolute atomic E-state index is 11.3. The molecule has 1 N–H and O–H groups in total. The molecule has 0 aliphatic heterocycles. The van der Waals surface area contributed by atoms with Crippen LogP contribution in [-0.2, 0) is 0 Å². The Morgan fingerprint density at radius 3 is 2.70 bits per heavy atom. The Balaban J connectivity index is 2.44. The van der Waals surface area contributed by atoms with E-state index in [4.69, 9.17) is 5.11 Å². The second kappa shape index (κ2) is 6.72. The molecule has 0 spiro atoms. The molecule has 0 fully saturated rings. The summed E-state index contributed by atoms with van der Waals surface area (Å²) in [6, 6.07) is 9.75. The minimum absolute atomic E-state index is 0.142. The van der Waals surface area contributed by atoms with Gasteiger partial charge in [-0.25, -0.2) is 4.68 Å². The third-order valence-electron chi connectivity index (χ3n) is 3.03. The van der Waals surface area contributed by atoms with E-state index in [1.807, 2.05) is 44.2 Å². The Morgan fingerprint density at radius 2 is 2.10 bits per heavy atom. The van der Waals surface area contributed by atoms with E-state index >= 15 is 0 Å². The summed E-state index contributed by atoms with van der Waals surface area (Å²) in [4.78, 5) is 11.3. The zero-order chi connectivity index (χ0) is 14.5. The third kappa shape index (κ3) is 3.11. The molecule has 0 saturated carbocycles. The fourth-order valence-corrected chi connectivity index (χ4v) is 3.12. The number of nitrogens with zero attached hydrogens (tertiary/aromatic N) is 2. The van der Waals surface area contributed by atoms with Gasteiger partial charge < -0.3 is 5.11 Å². The van der Waals surface area contributed by atoms with Crippen molar-refractivity contribution in [2.75, 3.05) is 6.61 Å². The number of benzene rings is 1. The van der Waals surface area contributed by atoms with Crippen molar-refractivity contribution in [1.82, 2.24) is 9.78 Å². The topological polar surface area (TPSA) is 55.1 Å². The number of carbonyl (C=O) groups is 1. The van der Waals surface area contributed by atoms with E-state index in [-0.39, 0.29) is 11.9 Å². The van der Waals surface area contributed by atoms with Gasteiger partial charge in [-0.2, -0.15) is 5.10 Å². The molecule has 2 rings (SSSR count). The molecule has 2 aromatic rings. The number of hydrogen-bond donors (Lipinski definition) is 1. The van der Waals surface area contributed by atoms with E-state index in [1.165, 1.54) is 0 Å². The number of carbonyl (C=O) groups excluding carboxylic acids is 1. The van der Waals surface area contributed by atoms with Gasteiger partial charge in [-0.05, 0) is 25.5 Å². The maximum Gasteiger partial charge on any atom is 0.154 e. The number of rotatable bonds is 6. The van der Waals surface area contributed by atoms with Crippen LogP contribution in [0.25, 0.3) is 5.69 Å². The van der Waals surface area contributed by atoms with Crippen LogP contribution in [0.2, 0.25) is 0 Å². The highest BCUT2D eigenvalue weighted by molar-refractivity contribution is 7.99. The first-order valence-electron chi connectivity index (χ1n) is 6.55. The number of aromatic nitrogens is 2. The second-order valence-electron chi connectivity index (χ2n) is 4.61. The van der Waals surface area contributed by atoms with Crippen LogP contribution in [0.15, 0.2) is 35.4 Å². The zero-order valence-corrected chi connectivity index (χ0v) is 12.4. The highest BCUT2D eigenvalue weighted by Crippen LogP contribution is 2.31. The molecule has 0 bridgehead atoms. The normalized spacial score (nSPS) is 12.3. The summed E-state index contributed by atoms with van der Waals surface area (Å²) in [5.41, 5.74) is 2.29. The van der Waals surface area contributed by atoms with Gasteiger partial charge in [-0.15, -0.1) is 11.8 Å². The standard InChI is InChI=1S/C15H18N2O2S/c1-11(8-9-18)20-15-14(10-19)12(2)16-17(15)13-6-4-3-5-7-13/h3-7,10-11,18H,8-9H2,1-2H3. The van der Waals surface area contributed by atoms with Crippen LogP contribution >= 0.6 is 11.8 Å². The molecule has 0 saturated heterocycles. The van der Waals surface area contributed by atoms with Gasteiger partial charge in [0.05, 0.1) is 16.9 Å². The molecule has 0 aliphatic rings. The minimum Gasteiger partial charge on any atom is -0.396 e. The molecule has 4 nitrogen and oxygen atoms in total. The zero-order valence-electron chi connectivity index (χ0n) is 11.6. The van der Waals surface area contributed by atoms with Gasteiger partial charge >= 0.3 is 0 Å². The van der Waals surface area contributed by atoms with Gasteiger partial charge in [0.1, 0.15) is 5.03 Å². The van der Waals surface area contributed by atoms with Crippen molar-refractivity contribution in [3.63, 3.8) is 0 Å². The largest absolute Gasteiger partial charge is 0.396 e. The van der Waals surface area contributed by atoms with Crippen molar-refractivity contribution < 1.29 is 9.90 Å². The number of aliphatic hydroxyl groups excluding tert-OH is 1. The Bertz CT molecular complexity index is 581. The first kappa shape index (κ1) is 14.8. The average molecular weight is 290 g/mol. The number of aliphatic hydroxyl groups is 1. The number of aldehydes is 1. The molecular weight excluding hydrogens is 272 g/mol. The lowest BCUT2D eigenvalue weighted by atomic mass is 10.3. The van der Waals surface area contributed by atoms with Crippen molar-refractivity contribution in [3.05, 3.63) is 41.6 Å². The summed E-state index contributed by atoms with van der Waals surface area (Å²) in [6.45, 7) is 4.01. The molecule has 106 valence electrons. The van der Waals surface area contributed by atoms with Crippen LogP contribution in [0.3, 0.4) is 0 Å². The molecule has 0 radical (unpaired) electrons. The maximum atomic E-state index is 11.3. The molecule has 1 heterocycles. The fourth-order valence-electron chi connectivity index (χ4n) is 1.94. The molecule has 0 aliphatic carbocycles. The van der Waals surface area contributed by atoms with E-state index in [0.29, 0.717) is 12.0 Å². The second-order valence-corrected chi connectivity index (χ2v) is 6.04. The van der Waals surface area contributed by atoms with Gasteiger partial charge in [0.15, 0.2) is 6.29 Å².